The highest BCUT2D eigenvalue weighted by molar-refractivity contribution is 6.32. The summed E-state index contributed by atoms with van der Waals surface area (Å²) in [5.74, 6) is 1.28. The largest absolute Gasteiger partial charge is 0.491 e. The fraction of sp³-hybridized carbons (Fsp3) is 0.381. The summed E-state index contributed by atoms with van der Waals surface area (Å²) in [5, 5.41) is 3.63. The van der Waals surface area contributed by atoms with Gasteiger partial charge in [-0.15, -0.1) is 0 Å². The second-order valence-corrected chi connectivity index (χ2v) is 7.00. The highest BCUT2D eigenvalue weighted by Gasteiger charge is 2.18. The van der Waals surface area contributed by atoms with Gasteiger partial charge < -0.3 is 14.8 Å². The van der Waals surface area contributed by atoms with Crippen molar-refractivity contribution in [2.75, 3.05) is 6.61 Å². The van der Waals surface area contributed by atoms with Gasteiger partial charge in [0.25, 0.3) is 5.91 Å². The smallest absolute Gasteiger partial charge is 0.261 e. The van der Waals surface area contributed by atoms with E-state index in [2.05, 4.69) is 5.32 Å². The molecule has 2 aromatic rings. The second kappa shape index (κ2) is 8.95. The summed E-state index contributed by atoms with van der Waals surface area (Å²) in [4.78, 5) is 12.4. The van der Waals surface area contributed by atoms with Crippen LogP contribution in [0, 0.1) is 20.8 Å². The van der Waals surface area contributed by atoms with Crippen molar-refractivity contribution in [2.45, 2.75) is 46.8 Å². The molecule has 4 nitrogen and oxygen atoms in total. The first kappa shape index (κ1) is 20.1. The van der Waals surface area contributed by atoms with E-state index in [1.807, 2.05) is 64.1 Å². The van der Waals surface area contributed by atoms with E-state index in [0.29, 0.717) is 12.4 Å². The van der Waals surface area contributed by atoms with Gasteiger partial charge in [0.15, 0.2) is 6.10 Å². The van der Waals surface area contributed by atoms with Gasteiger partial charge in [-0.25, -0.2) is 0 Å². The minimum absolute atomic E-state index is 0.137. The molecular formula is C21H26ClNO3. The van der Waals surface area contributed by atoms with Crippen LogP contribution in [-0.4, -0.2) is 24.7 Å². The minimum Gasteiger partial charge on any atom is -0.491 e. The van der Waals surface area contributed by atoms with E-state index in [0.717, 1.165) is 27.5 Å². The lowest BCUT2D eigenvalue weighted by Crippen LogP contribution is -2.43. The summed E-state index contributed by atoms with van der Waals surface area (Å²) in [6.45, 7) is 9.84. The maximum absolute atomic E-state index is 12.4. The lowest BCUT2D eigenvalue weighted by atomic mass is 10.1. The summed E-state index contributed by atoms with van der Waals surface area (Å²) < 4.78 is 11.5. The van der Waals surface area contributed by atoms with Crippen LogP contribution in [0.4, 0.5) is 0 Å². The number of rotatable bonds is 7. The van der Waals surface area contributed by atoms with Crippen LogP contribution < -0.4 is 14.8 Å². The van der Waals surface area contributed by atoms with Gasteiger partial charge in [0, 0.05) is 5.02 Å². The van der Waals surface area contributed by atoms with Gasteiger partial charge in [0.05, 0.1) is 6.04 Å². The average Bonchev–Trinajstić information content (AvgIpc) is 2.58. The Morgan fingerprint density at radius 3 is 2.31 bits per heavy atom. The molecule has 0 saturated heterocycles. The average molecular weight is 376 g/mol. The van der Waals surface area contributed by atoms with Crippen LogP contribution in [0.15, 0.2) is 36.4 Å². The van der Waals surface area contributed by atoms with E-state index in [4.69, 9.17) is 21.1 Å². The molecule has 0 spiro atoms. The highest BCUT2D eigenvalue weighted by atomic mass is 35.5. The number of ether oxygens (including phenoxy) is 2. The molecule has 0 aliphatic rings. The van der Waals surface area contributed by atoms with Gasteiger partial charge in [-0.05, 0) is 69.5 Å². The molecule has 0 radical (unpaired) electrons. The molecule has 0 aromatic heterocycles. The number of amides is 1. The summed E-state index contributed by atoms with van der Waals surface area (Å²) in [6, 6.07) is 11.3. The topological polar surface area (TPSA) is 47.6 Å². The third-order valence-electron chi connectivity index (χ3n) is 4.06. The highest BCUT2D eigenvalue weighted by Crippen LogP contribution is 2.26. The zero-order valence-corrected chi connectivity index (χ0v) is 16.7. The van der Waals surface area contributed by atoms with Gasteiger partial charge in [-0.3, -0.25) is 4.79 Å². The predicted molar refractivity (Wildman–Crippen MR) is 105 cm³/mol. The molecule has 1 amide bonds. The van der Waals surface area contributed by atoms with Gasteiger partial charge in [0.2, 0.25) is 0 Å². The van der Waals surface area contributed by atoms with Crippen LogP contribution in [0.5, 0.6) is 11.5 Å². The lowest BCUT2D eigenvalue weighted by Gasteiger charge is -2.20. The summed E-state index contributed by atoms with van der Waals surface area (Å²) in [6.07, 6.45) is -0.615. The van der Waals surface area contributed by atoms with Crippen LogP contribution in [0.3, 0.4) is 0 Å². The number of halogens is 1. The molecule has 26 heavy (non-hydrogen) atoms. The summed E-state index contributed by atoms with van der Waals surface area (Å²) in [7, 11) is 0. The van der Waals surface area contributed by atoms with Crippen LogP contribution in [0.25, 0.3) is 0 Å². The molecule has 1 N–H and O–H groups in total. The fourth-order valence-corrected chi connectivity index (χ4v) is 2.68. The van der Waals surface area contributed by atoms with Crippen molar-refractivity contribution in [2.24, 2.45) is 0 Å². The Bertz CT molecular complexity index is 753. The van der Waals surface area contributed by atoms with E-state index < -0.39 is 6.10 Å². The van der Waals surface area contributed by atoms with E-state index in [-0.39, 0.29) is 11.9 Å². The molecule has 2 atom stereocenters. The van der Waals surface area contributed by atoms with Gasteiger partial charge in [0.1, 0.15) is 18.1 Å². The number of nitrogens with one attached hydrogen (secondary N) is 1. The first-order valence-electron chi connectivity index (χ1n) is 8.70. The zero-order valence-electron chi connectivity index (χ0n) is 15.9. The Balaban J connectivity index is 1.87. The molecule has 0 bridgehead atoms. The Kier molecular flexibility index (Phi) is 6.92. The number of carbonyl (C=O) groups excluding carboxylic acids is 1. The quantitative estimate of drug-likeness (QED) is 0.768. The van der Waals surface area contributed by atoms with E-state index in [1.165, 1.54) is 0 Å². The molecule has 5 heteroatoms. The SMILES string of the molecule is Cc1ccccc1OC[C@@H](C)NC(=O)[C@H](C)Oc1cc(C)c(Cl)c(C)c1. The Morgan fingerprint density at radius 2 is 1.69 bits per heavy atom. The van der Waals surface area contributed by atoms with Crippen molar-refractivity contribution < 1.29 is 14.3 Å². The number of hydrogen-bond acceptors (Lipinski definition) is 3. The van der Waals surface area contributed by atoms with Crippen molar-refractivity contribution in [3.05, 3.63) is 58.1 Å². The number of carbonyl (C=O) groups is 1. The lowest BCUT2D eigenvalue weighted by molar-refractivity contribution is -0.128. The van der Waals surface area contributed by atoms with Gasteiger partial charge in [-0.2, -0.15) is 0 Å². The molecular weight excluding hydrogens is 350 g/mol. The Morgan fingerprint density at radius 1 is 1.08 bits per heavy atom. The molecule has 0 fully saturated rings. The van der Waals surface area contributed by atoms with Crippen molar-refractivity contribution in [1.82, 2.24) is 5.32 Å². The first-order chi connectivity index (χ1) is 12.3. The monoisotopic (exact) mass is 375 g/mol. The Hall–Kier alpha value is -2.20. The molecule has 0 aliphatic heterocycles. The van der Waals surface area contributed by atoms with E-state index in [1.54, 1.807) is 6.92 Å². The maximum atomic E-state index is 12.4. The van der Waals surface area contributed by atoms with Gasteiger partial charge >= 0.3 is 0 Å². The van der Waals surface area contributed by atoms with Gasteiger partial charge in [-0.1, -0.05) is 29.8 Å². The summed E-state index contributed by atoms with van der Waals surface area (Å²) >= 11 is 6.17. The third kappa shape index (κ3) is 5.40. The normalized spacial score (nSPS) is 13.0. The number of aryl methyl sites for hydroxylation is 3. The third-order valence-corrected chi connectivity index (χ3v) is 4.66. The number of hydrogen-bond donors (Lipinski definition) is 1. The standard InChI is InChI=1S/C21H26ClNO3/c1-13-8-6-7-9-19(13)25-12-16(4)23-21(24)17(5)26-18-10-14(2)20(22)15(3)11-18/h6-11,16-17H,12H2,1-5H3,(H,23,24)/t16-,17+/m1/s1. The molecule has 0 unspecified atom stereocenters. The van der Waals surface area contributed by atoms with E-state index in [9.17, 15) is 4.79 Å². The van der Waals surface area contributed by atoms with Crippen LogP contribution >= 0.6 is 11.6 Å². The van der Waals surface area contributed by atoms with Crippen LogP contribution in [0.1, 0.15) is 30.5 Å². The number of benzene rings is 2. The van der Waals surface area contributed by atoms with Crippen molar-refractivity contribution in [3.8, 4) is 11.5 Å². The fourth-order valence-electron chi connectivity index (χ4n) is 2.57. The second-order valence-electron chi connectivity index (χ2n) is 6.62. The zero-order chi connectivity index (χ0) is 19.3. The molecule has 0 heterocycles. The van der Waals surface area contributed by atoms with Crippen LogP contribution in [-0.2, 0) is 4.79 Å². The first-order valence-corrected chi connectivity index (χ1v) is 9.08. The number of para-hydroxylation sites is 1. The Labute approximate surface area is 160 Å². The molecule has 0 aliphatic carbocycles. The minimum atomic E-state index is -0.615. The summed E-state index contributed by atoms with van der Waals surface area (Å²) in [5.41, 5.74) is 2.92. The molecule has 140 valence electrons. The van der Waals surface area contributed by atoms with Crippen molar-refractivity contribution in [3.63, 3.8) is 0 Å². The molecule has 2 aromatic carbocycles. The van der Waals surface area contributed by atoms with Crippen LogP contribution in [0.2, 0.25) is 5.02 Å². The van der Waals surface area contributed by atoms with E-state index >= 15 is 0 Å². The molecule has 2 rings (SSSR count). The van der Waals surface area contributed by atoms with Crippen molar-refractivity contribution >= 4 is 17.5 Å². The predicted octanol–water partition coefficient (Wildman–Crippen LogP) is 4.62. The molecule has 0 saturated carbocycles. The maximum Gasteiger partial charge on any atom is 0.261 e. The van der Waals surface area contributed by atoms with Crippen molar-refractivity contribution in [1.29, 1.82) is 0 Å².